The van der Waals surface area contributed by atoms with E-state index < -0.39 is 16.3 Å². The number of nitrogens with zero attached hydrogens (tertiary/aromatic N) is 3. The summed E-state index contributed by atoms with van der Waals surface area (Å²) in [5.74, 6) is 0. The van der Waals surface area contributed by atoms with E-state index in [2.05, 4.69) is 11.6 Å². The maximum absolute atomic E-state index is 11.8. The number of fused-ring (bicyclic) bond motifs is 1. The number of amides is 1. The third-order valence-corrected chi connectivity index (χ3v) is 4.79. The van der Waals surface area contributed by atoms with E-state index in [1.807, 2.05) is 0 Å². The molecule has 0 bridgehead atoms. The number of aromatic nitrogens is 2. The van der Waals surface area contributed by atoms with Crippen molar-refractivity contribution in [1.82, 2.24) is 13.7 Å². The monoisotopic (exact) mass is 330 g/mol. The predicted molar refractivity (Wildman–Crippen MR) is 78.0 cm³/mol. The normalized spacial score (nSPS) is 11.5. The first-order valence-corrected chi connectivity index (χ1v) is 8.15. The van der Waals surface area contributed by atoms with Crippen molar-refractivity contribution in [3.05, 3.63) is 35.8 Å². The fraction of sp³-hybridized carbons (Fsp3) is 0.273. The summed E-state index contributed by atoms with van der Waals surface area (Å²) in [6.45, 7) is 4.91. The molecule has 0 fully saturated rings. The van der Waals surface area contributed by atoms with Crippen LogP contribution >= 0.6 is 11.3 Å². The number of hydrogen-bond donors (Lipinski definition) is 1. The first-order valence-electron chi connectivity index (χ1n) is 5.83. The summed E-state index contributed by atoms with van der Waals surface area (Å²) in [6, 6.07) is 0. The van der Waals surface area contributed by atoms with Crippen LogP contribution < -0.4 is 5.14 Å². The molecular formula is C11H14N4O4S2. The van der Waals surface area contributed by atoms with Crippen LogP contribution in [-0.4, -0.2) is 34.8 Å². The van der Waals surface area contributed by atoms with Crippen molar-refractivity contribution in [2.24, 2.45) is 5.14 Å². The Morgan fingerprint density at radius 3 is 2.95 bits per heavy atom. The first-order chi connectivity index (χ1) is 9.84. The molecule has 2 N–H and O–H groups in total. The highest BCUT2D eigenvalue weighted by Crippen LogP contribution is 2.24. The van der Waals surface area contributed by atoms with E-state index in [-0.39, 0.29) is 13.2 Å². The Morgan fingerprint density at radius 2 is 2.38 bits per heavy atom. The van der Waals surface area contributed by atoms with Gasteiger partial charge in [-0.25, -0.2) is 14.9 Å². The molecule has 0 saturated heterocycles. The number of imidazole rings is 1. The van der Waals surface area contributed by atoms with Crippen molar-refractivity contribution in [3.63, 3.8) is 0 Å². The molecule has 1 amide bonds. The lowest BCUT2D eigenvalue weighted by atomic mass is 10.4. The lowest BCUT2D eigenvalue weighted by molar-refractivity contribution is 0.135. The van der Waals surface area contributed by atoms with Crippen LogP contribution in [0.2, 0.25) is 0 Å². The lowest BCUT2D eigenvalue weighted by Gasteiger charge is -2.18. The van der Waals surface area contributed by atoms with Gasteiger partial charge in [-0.1, -0.05) is 12.7 Å². The number of thiazole rings is 1. The summed E-state index contributed by atoms with van der Waals surface area (Å²) in [4.78, 5) is 17.3. The average Bonchev–Trinajstić information content (AvgIpc) is 2.96. The molecule has 0 spiro atoms. The van der Waals surface area contributed by atoms with Crippen LogP contribution in [-0.2, 0) is 21.5 Å². The number of ether oxygens (including phenoxy) is 1. The number of aryl methyl sites for hydroxylation is 1. The molecule has 0 aliphatic heterocycles. The van der Waals surface area contributed by atoms with Gasteiger partial charge in [0.2, 0.25) is 0 Å². The van der Waals surface area contributed by atoms with Crippen LogP contribution in [0.1, 0.15) is 10.6 Å². The SMILES string of the molecule is C=CCOC(=O)N(Cc1sc2cncn2c1C)S(N)(=O)=O. The van der Waals surface area contributed by atoms with Crippen molar-refractivity contribution in [3.8, 4) is 0 Å². The highest BCUT2D eigenvalue weighted by Gasteiger charge is 2.27. The summed E-state index contributed by atoms with van der Waals surface area (Å²) >= 11 is 1.33. The molecule has 2 heterocycles. The Morgan fingerprint density at radius 1 is 1.67 bits per heavy atom. The molecule has 0 saturated carbocycles. The highest BCUT2D eigenvalue weighted by atomic mass is 32.2. The van der Waals surface area contributed by atoms with Gasteiger partial charge < -0.3 is 4.74 Å². The number of hydrogen-bond acceptors (Lipinski definition) is 6. The van der Waals surface area contributed by atoms with Crippen molar-refractivity contribution in [1.29, 1.82) is 0 Å². The van der Waals surface area contributed by atoms with Crippen molar-refractivity contribution in [2.75, 3.05) is 6.61 Å². The molecule has 21 heavy (non-hydrogen) atoms. The van der Waals surface area contributed by atoms with Gasteiger partial charge in [-0.2, -0.15) is 12.7 Å². The fourth-order valence-electron chi connectivity index (χ4n) is 1.68. The Bertz CT molecular complexity index is 777. The minimum absolute atomic E-state index is 0.0973. The Kier molecular flexibility index (Phi) is 4.30. The van der Waals surface area contributed by atoms with Crippen molar-refractivity contribution in [2.45, 2.75) is 13.5 Å². The number of nitrogens with two attached hydrogens (primary N) is 1. The summed E-state index contributed by atoms with van der Waals surface area (Å²) in [5.41, 5.74) is 0.790. The zero-order chi connectivity index (χ0) is 15.6. The van der Waals surface area contributed by atoms with Gasteiger partial charge in [0.1, 0.15) is 17.8 Å². The summed E-state index contributed by atoms with van der Waals surface area (Å²) in [5, 5.41) is 5.08. The van der Waals surface area contributed by atoms with Crippen LogP contribution in [0.25, 0.3) is 4.83 Å². The predicted octanol–water partition coefficient (Wildman–Crippen LogP) is 1.03. The van der Waals surface area contributed by atoms with Gasteiger partial charge in [-0.15, -0.1) is 11.3 Å². The molecule has 0 atom stereocenters. The van der Waals surface area contributed by atoms with Crippen LogP contribution in [0.5, 0.6) is 0 Å². The summed E-state index contributed by atoms with van der Waals surface area (Å²) in [7, 11) is -4.22. The molecule has 8 nitrogen and oxygen atoms in total. The van der Waals surface area contributed by atoms with Gasteiger partial charge in [-0.05, 0) is 6.92 Å². The quantitative estimate of drug-likeness (QED) is 0.824. The minimum Gasteiger partial charge on any atom is -0.444 e. The van der Waals surface area contributed by atoms with Crippen molar-refractivity contribution < 1.29 is 17.9 Å². The second kappa shape index (κ2) is 5.84. The van der Waals surface area contributed by atoms with Crippen LogP contribution in [0.4, 0.5) is 4.79 Å². The largest absolute Gasteiger partial charge is 0.444 e. The molecule has 0 radical (unpaired) electrons. The molecule has 114 valence electrons. The van der Waals surface area contributed by atoms with Crippen LogP contribution in [0, 0.1) is 6.92 Å². The van der Waals surface area contributed by atoms with Gasteiger partial charge in [0, 0.05) is 10.6 Å². The second-order valence-electron chi connectivity index (χ2n) is 4.13. The standard InChI is InChI=1S/C11H14N4O4S2/c1-3-4-19-11(16)15(21(12,17)18)6-9-8(2)14-7-13-5-10(14)20-9/h3,5,7H,1,4,6H2,2H3,(H2,12,17,18). The van der Waals surface area contributed by atoms with E-state index in [0.717, 1.165) is 10.5 Å². The number of carbonyl (C=O) groups is 1. The van der Waals surface area contributed by atoms with Crippen LogP contribution in [0.15, 0.2) is 25.2 Å². The summed E-state index contributed by atoms with van der Waals surface area (Å²) < 4.78 is 30.2. The third-order valence-electron chi connectivity index (χ3n) is 2.72. The Balaban J connectivity index is 2.30. The molecule has 0 aliphatic carbocycles. The van der Waals surface area contributed by atoms with Gasteiger partial charge in [0.15, 0.2) is 0 Å². The molecule has 0 aliphatic rings. The molecule has 2 aromatic heterocycles. The topological polar surface area (TPSA) is 107 Å². The number of carbonyl (C=O) groups excluding carboxylic acids is 1. The van der Waals surface area contributed by atoms with E-state index in [9.17, 15) is 13.2 Å². The molecule has 2 aromatic rings. The van der Waals surface area contributed by atoms with Gasteiger partial charge in [-0.3, -0.25) is 4.40 Å². The van der Waals surface area contributed by atoms with Crippen molar-refractivity contribution >= 4 is 32.5 Å². The molecule has 0 aromatic carbocycles. The van der Waals surface area contributed by atoms with E-state index in [1.54, 1.807) is 23.8 Å². The zero-order valence-electron chi connectivity index (χ0n) is 11.2. The second-order valence-corrected chi connectivity index (χ2v) is 6.72. The van der Waals surface area contributed by atoms with Gasteiger partial charge in [0.25, 0.3) is 0 Å². The Labute approximate surface area is 125 Å². The average molecular weight is 330 g/mol. The zero-order valence-corrected chi connectivity index (χ0v) is 12.9. The van der Waals surface area contributed by atoms with E-state index in [4.69, 9.17) is 9.88 Å². The maximum atomic E-state index is 11.8. The van der Waals surface area contributed by atoms with E-state index >= 15 is 0 Å². The highest BCUT2D eigenvalue weighted by molar-refractivity contribution is 7.87. The summed E-state index contributed by atoms with van der Waals surface area (Å²) in [6.07, 6.45) is 3.57. The molecule has 0 unspecified atom stereocenters. The smallest absolute Gasteiger partial charge is 0.425 e. The van der Waals surface area contributed by atoms with Crippen LogP contribution in [0.3, 0.4) is 0 Å². The fourth-order valence-corrected chi connectivity index (χ4v) is 3.42. The molecule has 10 heteroatoms. The Hall–Kier alpha value is -1.91. The first kappa shape index (κ1) is 15.5. The maximum Gasteiger partial charge on any atom is 0.425 e. The molecular weight excluding hydrogens is 316 g/mol. The van der Waals surface area contributed by atoms with E-state index in [1.165, 1.54) is 17.4 Å². The van der Waals surface area contributed by atoms with Gasteiger partial charge >= 0.3 is 16.3 Å². The molecule has 2 rings (SSSR count). The minimum atomic E-state index is -4.22. The third kappa shape index (κ3) is 3.23. The van der Waals surface area contributed by atoms with Gasteiger partial charge in [0.05, 0.1) is 12.7 Å². The van der Waals surface area contributed by atoms with E-state index in [0.29, 0.717) is 9.18 Å². The number of rotatable bonds is 5. The lowest BCUT2D eigenvalue weighted by Crippen LogP contribution is -2.41.